The quantitative estimate of drug-likeness (QED) is 0.702. The summed E-state index contributed by atoms with van der Waals surface area (Å²) < 4.78 is 0. The lowest BCUT2D eigenvalue weighted by Crippen LogP contribution is -2.35. The summed E-state index contributed by atoms with van der Waals surface area (Å²) in [5.41, 5.74) is 1.08. The second kappa shape index (κ2) is 6.91. The van der Waals surface area contributed by atoms with Crippen LogP contribution in [0, 0.1) is 0 Å². The molecule has 0 fully saturated rings. The highest BCUT2D eigenvalue weighted by Crippen LogP contribution is 2.18. The zero-order chi connectivity index (χ0) is 12.7. The van der Waals surface area contributed by atoms with Gasteiger partial charge in [-0.2, -0.15) is 0 Å². The SMILES string of the molecule is CCNC(=O)CNC(CC)c1ccc(O)cc1. The van der Waals surface area contributed by atoms with Gasteiger partial charge in [-0.05, 0) is 31.0 Å². The largest absolute Gasteiger partial charge is 0.508 e. The van der Waals surface area contributed by atoms with E-state index in [0.29, 0.717) is 13.1 Å². The Kier molecular flexibility index (Phi) is 5.49. The second-order valence-corrected chi connectivity index (χ2v) is 3.89. The van der Waals surface area contributed by atoms with Gasteiger partial charge in [0.05, 0.1) is 6.54 Å². The molecule has 0 aliphatic rings. The molecule has 1 amide bonds. The van der Waals surface area contributed by atoms with Gasteiger partial charge in [-0.25, -0.2) is 0 Å². The van der Waals surface area contributed by atoms with Crippen LogP contribution < -0.4 is 10.6 Å². The molecular weight excluding hydrogens is 216 g/mol. The molecule has 1 unspecified atom stereocenters. The topological polar surface area (TPSA) is 61.4 Å². The Balaban J connectivity index is 2.54. The number of benzene rings is 1. The molecule has 1 rings (SSSR count). The number of aromatic hydroxyl groups is 1. The predicted molar refractivity (Wildman–Crippen MR) is 67.8 cm³/mol. The minimum absolute atomic E-state index is 0.00438. The molecule has 0 aliphatic heterocycles. The van der Waals surface area contributed by atoms with Gasteiger partial charge in [0, 0.05) is 12.6 Å². The molecule has 94 valence electrons. The van der Waals surface area contributed by atoms with Crippen LogP contribution in [0.25, 0.3) is 0 Å². The number of hydrogen-bond donors (Lipinski definition) is 3. The van der Waals surface area contributed by atoms with Crippen LogP contribution in [0.1, 0.15) is 31.9 Å². The van der Waals surface area contributed by atoms with Crippen LogP contribution in [0.15, 0.2) is 24.3 Å². The van der Waals surface area contributed by atoms with Crippen molar-refractivity contribution in [2.24, 2.45) is 0 Å². The number of phenols is 1. The van der Waals surface area contributed by atoms with Gasteiger partial charge >= 0.3 is 0 Å². The second-order valence-electron chi connectivity index (χ2n) is 3.89. The monoisotopic (exact) mass is 236 g/mol. The van der Waals surface area contributed by atoms with Crippen molar-refractivity contribution >= 4 is 5.91 Å². The van der Waals surface area contributed by atoms with E-state index in [9.17, 15) is 9.90 Å². The van der Waals surface area contributed by atoms with Gasteiger partial charge in [0.1, 0.15) is 5.75 Å². The number of rotatable bonds is 6. The minimum atomic E-state index is 0.00438. The molecule has 1 aromatic carbocycles. The van der Waals surface area contributed by atoms with Crippen LogP contribution in [0.4, 0.5) is 0 Å². The normalized spacial score (nSPS) is 12.1. The van der Waals surface area contributed by atoms with E-state index < -0.39 is 0 Å². The molecule has 0 saturated carbocycles. The first-order valence-corrected chi connectivity index (χ1v) is 5.96. The number of nitrogens with one attached hydrogen (secondary N) is 2. The van der Waals surface area contributed by atoms with Crippen molar-refractivity contribution in [2.45, 2.75) is 26.3 Å². The van der Waals surface area contributed by atoms with Gasteiger partial charge in [-0.3, -0.25) is 4.79 Å². The number of amides is 1. The van der Waals surface area contributed by atoms with Gasteiger partial charge in [0.2, 0.25) is 5.91 Å². The Morgan fingerprint density at radius 2 is 1.94 bits per heavy atom. The van der Waals surface area contributed by atoms with Gasteiger partial charge in [0.25, 0.3) is 0 Å². The van der Waals surface area contributed by atoms with Crippen LogP contribution in [-0.2, 0) is 4.79 Å². The predicted octanol–water partition coefficient (Wildman–Crippen LogP) is 1.57. The summed E-state index contributed by atoms with van der Waals surface area (Å²) in [5.74, 6) is 0.261. The van der Waals surface area contributed by atoms with E-state index in [0.717, 1.165) is 12.0 Å². The number of hydrogen-bond acceptors (Lipinski definition) is 3. The van der Waals surface area contributed by atoms with Crippen LogP contribution in [0.3, 0.4) is 0 Å². The van der Waals surface area contributed by atoms with E-state index in [2.05, 4.69) is 17.6 Å². The van der Waals surface area contributed by atoms with Crippen molar-refractivity contribution in [3.05, 3.63) is 29.8 Å². The molecule has 0 spiro atoms. The summed E-state index contributed by atoms with van der Waals surface area (Å²) in [6.07, 6.45) is 0.893. The summed E-state index contributed by atoms with van der Waals surface area (Å²) >= 11 is 0. The molecule has 0 radical (unpaired) electrons. The van der Waals surface area contributed by atoms with E-state index in [-0.39, 0.29) is 17.7 Å². The maximum atomic E-state index is 11.3. The zero-order valence-electron chi connectivity index (χ0n) is 10.4. The Morgan fingerprint density at radius 1 is 1.29 bits per heavy atom. The molecule has 4 heteroatoms. The molecule has 0 aromatic heterocycles. The Labute approximate surface area is 102 Å². The smallest absolute Gasteiger partial charge is 0.233 e. The molecule has 0 aliphatic carbocycles. The molecule has 0 heterocycles. The Hall–Kier alpha value is -1.55. The maximum absolute atomic E-state index is 11.3. The number of carbonyl (C=O) groups excluding carboxylic acids is 1. The minimum Gasteiger partial charge on any atom is -0.508 e. The lowest BCUT2D eigenvalue weighted by atomic mass is 10.0. The number of carbonyl (C=O) groups is 1. The van der Waals surface area contributed by atoms with Gasteiger partial charge in [0.15, 0.2) is 0 Å². The summed E-state index contributed by atoms with van der Waals surface area (Å²) in [5, 5.41) is 15.2. The lowest BCUT2D eigenvalue weighted by molar-refractivity contribution is -0.120. The van der Waals surface area contributed by atoms with Crippen molar-refractivity contribution < 1.29 is 9.90 Å². The highest BCUT2D eigenvalue weighted by molar-refractivity contribution is 5.77. The lowest BCUT2D eigenvalue weighted by Gasteiger charge is -2.17. The van der Waals surface area contributed by atoms with E-state index in [1.54, 1.807) is 12.1 Å². The van der Waals surface area contributed by atoms with E-state index >= 15 is 0 Å². The summed E-state index contributed by atoms with van der Waals surface area (Å²) in [6.45, 7) is 4.92. The first-order valence-electron chi connectivity index (χ1n) is 5.96. The molecule has 0 saturated heterocycles. The van der Waals surface area contributed by atoms with Gasteiger partial charge in [-0.15, -0.1) is 0 Å². The van der Waals surface area contributed by atoms with Gasteiger partial charge < -0.3 is 15.7 Å². The highest BCUT2D eigenvalue weighted by Gasteiger charge is 2.10. The third kappa shape index (κ3) is 4.44. The number of phenolic OH excluding ortho intramolecular Hbond substituents is 1. The Bertz CT molecular complexity index is 349. The average Bonchev–Trinajstić information content (AvgIpc) is 2.32. The number of likely N-dealkylation sites (N-methyl/N-ethyl adjacent to an activating group) is 1. The Morgan fingerprint density at radius 3 is 2.47 bits per heavy atom. The maximum Gasteiger partial charge on any atom is 0.233 e. The zero-order valence-corrected chi connectivity index (χ0v) is 10.4. The van der Waals surface area contributed by atoms with Crippen LogP contribution in [0.2, 0.25) is 0 Å². The third-order valence-electron chi connectivity index (χ3n) is 2.59. The molecule has 3 N–H and O–H groups in total. The first-order chi connectivity index (χ1) is 8.17. The molecule has 0 bridgehead atoms. The van der Waals surface area contributed by atoms with E-state index in [1.807, 2.05) is 19.1 Å². The van der Waals surface area contributed by atoms with Gasteiger partial charge in [-0.1, -0.05) is 19.1 Å². The van der Waals surface area contributed by atoms with Crippen molar-refractivity contribution in [1.29, 1.82) is 0 Å². The average molecular weight is 236 g/mol. The molecule has 1 aromatic rings. The molecular formula is C13H20N2O2. The van der Waals surface area contributed by atoms with E-state index in [4.69, 9.17) is 0 Å². The van der Waals surface area contributed by atoms with Crippen molar-refractivity contribution in [3.63, 3.8) is 0 Å². The van der Waals surface area contributed by atoms with E-state index in [1.165, 1.54) is 0 Å². The van der Waals surface area contributed by atoms with Crippen LogP contribution >= 0.6 is 0 Å². The van der Waals surface area contributed by atoms with Crippen molar-refractivity contribution in [2.75, 3.05) is 13.1 Å². The fourth-order valence-electron chi connectivity index (χ4n) is 1.68. The fourth-order valence-corrected chi connectivity index (χ4v) is 1.68. The summed E-state index contributed by atoms with van der Waals surface area (Å²) in [6, 6.07) is 7.19. The van der Waals surface area contributed by atoms with Crippen molar-refractivity contribution in [3.8, 4) is 5.75 Å². The third-order valence-corrected chi connectivity index (χ3v) is 2.59. The van der Waals surface area contributed by atoms with Crippen LogP contribution in [0.5, 0.6) is 5.75 Å². The highest BCUT2D eigenvalue weighted by atomic mass is 16.3. The summed E-state index contributed by atoms with van der Waals surface area (Å²) in [4.78, 5) is 11.3. The fraction of sp³-hybridized carbons (Fsp3) is 0.462. The molecule has 17 heavy (non-hydrogen) atoms. The van der Waals surface area contributed by atoms with Crippen molar-refractivity contribution in [1.82, 2.24) is 10.6 Å². The molecule has 1 atom stereocenters. The van der Waals surface area contributed by atoms with Crippen LogP contribution in [-0.4, -0.2) is 24.1 Å². The summed E-state index contributed by atoms with van der Waals surface area (Å²) in [7, 11) is 0. The standard InChI is InChI=1S/C13H20N2O2/c1-3-12(15-9-13(17)14-4-2)10-5-7-11(16)8-6-10/h5-8,12,15-16H,3-4,9H2,1-2H3,(H,14,17). The first kappa shape index (κ1) is 13.5. The molecule has 4 nitrogen and oxygen atoms in total.